The highest BCUT2D eigenvalue weighted by Crippen LogP contribution is 2.39. The Morgan fingerprint density at radius 3 is 3.18 bits per heavy atom. The SMILES string of the molecule is NC1C2CCOC2C1Nc1ncc(Cl)cc1F. The Balaban J connectivity index is 1.75. The van der Waals surface area contributed by atoms with Gasteiger partial charge in [-0.25, -0.2) is 9.37 Å². The molecule has 1 saturated carbocycles. The minimum absolute atomic E-state index is 0.000576. The molecule has 2 fully saturated rings. The number of nitrogens with two attached hydrogens (primary N) is 1. The second kappa shape index (κ2) is 4.08. The van der Waals surface area contributed by atoms with E-state index in [1.54, 1.807) is 0 Å². The van der Waals surface area contributed by atoms with Crippen molar-refractivity contribution in [3.8, 4) is 0 Å². The van der Waals surface area contributed by atoms with Crippen LogP contribution in [0.3, 0.4) is 0 Å². The monoisotopic (exact) mass is 257 g/mol. The summed E-state index contributed by atoms with van der Waals surface area (Å²) >= 11 is 5.64. The second-order valence-electron chi connectivity index (χ2n) is 4.52. The fourth-order valence-electron chi connectivity index (χ4n) is 2.61. The lowest BCUT2D eigenvalue weighted by atomic mass is 9.72. The van der Waals surface area contributed by atoms with Gasteiger partial charge in [0.15, 0.2) is 11.6 Å². The molecular formula is C11H13ClFN3O. The van der Waals surface area contributed by atoms with Crippen LogP contribution in [-0.4, -0.2) is 29.8 Å². The lowest BCUT2D eigenvalue weighted by molar-refractivity contribution is 0.00513. The normalized spacial score (nSPS) is 35.2. The highest BCUT2D eigenvalue weighted by molar-refractivity contribution is 6.30. The summed E-state index contributed by atoms with van der Waals surface area (Å²) in [7, 11) is 0. The fourth-order valence-corrected chi connectivity index (χ4v) is 2.75. The molecule has 17 heavy (non-hydrogen) atoms. The molecule has 0 aromatic carbocycles. The van der Waals surface area contributed by atoms with E-state index in [1.807, 2.05) is 0 Å². The van der Waals surface area contributed by atoms with E-state index in [2.05, 4.69) is 10.3 Å². The first-order chi connectivity index (χ1) is 8.16. The van der Waals surface area contributed by atoms with Crippen LogP contribution < -0.4 is 11.1 Å². The molecule has 3 N–H and O–H groups in total. The zero-order chi connectivity index (χ0) is 12.0. The average Bonchev–Trinajstić information content (AvgIpc) is 2.72. The van der Waals surface area contributed by atoms with Gasteiger partial charge in [-0.05, 0) is 12.5 Å². The van der Waals surface area contributed by atoms with Gasteiger partial charge in [0.25, 0.3) is 0 Å². The quantitative estimate of drug-likeness (QED) is 0.841. The van der Waals surface area contributed by atoms with Crippen LogP contribution in [0.25, 0.3) is 0 Å². The number of anilines is 1. The van der Waals surface area contributed by atoms with E-state index in [1.165, 1.54) is 12.3 Å². The van der Waals surface area contributed by atoms with E-state index in [-0.39, 0.29) is 29.0 Å². The Labute approximate surface area is 103 Å². The Bertz CT molecular complexity index is 445. The fraction of sp³-hybridized carbons (Fsp3) is 0.545. The van der Waals surface area contributed by atoms with Crippen molar-refractivity contribution in [1.29, 1.82) is 0 Å². The summed E-state index contributed by atoms with van der Waals surface area (Å²) in [4.78, 5) is 3.92. The summed E-state index contributed by atoms with van der Waals surface area (Å²) in [6.45, 7) is 0.734. The third kappa shape index (κ3) is 1.78. The number of halogens is 2. The molecule has 1 aromatic heterocycles. The molecule has 2 aliphatic rings. The van der Waals surface area contributed by atoms with Crippen LogP contribution in [0, 0.1) is 11.7 Å². The molecule has 1 aliphatic carbocycles. The molecule has 0 radical (unpaired) electrons. The van der Waals surface area contributed by atoms with Crippen LogP contribution in [0.4, 0.5) is 10.2 Å². The first kappa shape index (κ1) is 11.2. The maximum absolute atomic E-state index is 13.6. The molecule has 2 heterocycles. The first-order valence-electron chi connectivity index (χ1n) is 5.61. The van der Waals surface area contributed by atoms with Crippen molar-refractivity contribution in [2.24, 2.45) is 11.7 Å². The van der Waals surface area contributed by atoms with E-state index < -0.39 is 5.82 Å². The lowest BCUT2D eigenvalue weighted by Gasteiger charge is -2.45. The summed E-state index contributed by atoms with van der Waals surface area (Å²) in [6, 6.07) is 1.17. The van der Waals surface area contributed by atoms with Gasteiger partial charge in [-0.15, -0.1) is 0 Å². The van der Waals surface area contributed by atoms with E-state index in [0.29, 0.717) is 5.92 Å². The zero-order valence-corrected chi connectivity index (χ0v) is 9.82. The van der Waals surface area contributed by atoms with Crippen molar-refractivity contribution in [3.05, 3.63) is 23.1 Å². The number of nitrogens with one attached hydrogen (secondary N) is 1. The van der Waals surface area contributed by atoms with Gasteiger partial charge in [-0.3, -0.25) is 0 Å². The summed E-state index contributed by atoms with van der Waals surface area (Å²) in [5.41, 5.74) is 6.02. The Morgan fingerprint density at radius 2 is 2.41 bits per heavy atom. The molecule has 4 unspecified atom stereocenters. The maximum atomic E-state index is 13.6. The van der Waals surface area contributed by atoms with Crippen molar-refractivity contribution in [3.63, 3.8) is 0 Å². The smallest absolute Gasteiger partial charge is 0.166 e. The predicted octanol–water partition coefficient (Wildman–Crippen LogP) is 1.40. The van der Waals surface area contributed by atoms with E-state index in [4.69, 9.17) is 22.1 Å². The standard InChI is InChI=1S/C11H13ClFN3O/c12-5-3-7(13)11(15-4-5)16-9-8(14)6-1-2-17-10(6)9/h3-4,6,8-10H,1-2,14H2,(H,15,16). The largest absolute Gasteiger partial charge is 0.376 e. The van der Waals surface area contributed by atoms with E-state index in [0.717, 1.165) is 13.0 Å². The van der Waals surface area contributed by atoms with E-state index >= 15 is 0 Å². The number of fused-ring (bicyclic) bond motifs is 1. The minimum Gasteiger partial charge on any atom is -0.376 e. The molecule has 4 atom stereocenters. The molecule has 1 saturated heterocycles. The van der Waals surface area contributed by atoms with Crippen molar-refractivity contribution >= 4 is 17.4 Å². The van der Waals surface area contributed by atoms with Crippen LogP contribution in [0.5, 0.6) is 0 Å². The molecule has 3 rings (SSSR count). The van der Waals surface area contributed by atoms with E-state index in [9.17, 15) is 4.39 Å². The molecule has 1 aliphatic heterocycles. The molecule has 92 valence electrons. The number of ether oxygens (including phenoxy) is 1. The summed E-state index contributed by atoms with van der Waals surface area (Å²) < 4.78 is 19.1. The van der Waals surface area contributed by atoms with Gasteiger partial charge in [-0.2, -0.15) is 0 Å². The number of hydrogen-bond acceptors (Lipinski definition) is 4. The van der Waals surface area contributed by atoms with Gasteiger partial charge in [0, 0.05) is 24.8 Å². The molecule has 4 nitrogen and oxygen atoms in total. The van der Waals surface area contributed by atoms with Gasteiger partial charge in [0.1, 0.15) is 0 Å². The summed E-state index contributed by atoms with van der Waals surface area (Å²) in [5, 5.41) is 3.28. The van der Waals surface area contributed by atoms with Gasteiger partial charge < -0.3 is 15.8 Å². The summed E-state index contributed by atoms with van der Waals surface area (Å²) in [5.74, 6) is 0.109. The highest BCUT2D eigenvalue weighted by atomic mass is 35.5. The molecule has 1 aromatic rings. The number of aromatic nitrogens is 1. The minimum atomic E-state index is -0.467. The van der Waals surface area contributed by atoms with Crippen LogP contribution in [0.1, 0.15) is 6.42 Å². The lowest BCUT2D eigenvalue weighted by Crippen LogP contribution is -2.65. The molecule has 0 bridgehead atoms. The average molecular weight is 258 g/mol. The Morgan fingerprint density at radius 1 is 1.59 bits per heavy atom. The third-order valence-corrected chi connectivity index (χ3v) is 3.76. The van der Waals surface area contributed by atoms with Gasteiger partial charge in [0.05, 0.1) is 17.2 Å². The number of pyridine rings is 1. The van der Waals surface area contributed by atoms with Crippen LogP contribution in [-0.2, 0) is 4.74 Å². The number of hydrogen-bond donors (Lipinski definition) is 2. The third-order valence-electron chi connectivity index (χ3n) is 3.56. The zero-order valence-electron chi connectivity index (χ0n) is 9.07. The molecule has 6 heteroatoms. The predicted molar refractivity (Wildman–Crippen MR) is 62.4 cm³/mol. The molecule has 0 amide bonds. The highest BCUT2D eigenvalue weighted by Gasteiger charge is 2.52. The van der Waals surface area contributed by atoms with Crippen molar-refractivity contribution < 1.29 is 9.13 Å². The molecular weight excluding hydrogens is 245 g/mol. The van der Waals surface area contributed by atoms with Crippen molar-refractivity contribution in [1.82, 2.24) is 4.98 Å². The van der Waals surface area contributed by atoms with Crippen LogP contribution in [0.15, 0.2) is 12.3 Å². The Kier molecular flexibility index (Phi) is 2.69. The first-order valence-corrected chi connectivity index (χ1v) is 5.99. The number of nitrogens with zero attached hydrogens (tertiary/aromatic N) is 1. The number of rotatable bonds is 2. The van der Waals surface area contributed by atoms with Gasteiger partial charge >= 0.3 is 0 Å². The van der Waals surface area contributed by atoms with Crippen LogP contribution >= 0.6 is 11.6 Å². The Hall–Kier alpha value is -0.910. The van der Waals surface area contributed by atoms with Crippen molar-refractivity contribution in [2.75, 3.05) is 11.9 Å². The van der Waals surface area contributed by atoms with Gasteiger partial charge in [-0.1, -0.05) is 11.6 Å². The molecule has 0 spiro atoms. The summed E-state index contributed by atoms with van der Waals surface area (Å²) in [6.07, 6.45) is 2.48. The topological polar surface area (TPSA) is 60.2 Å². The van der Waals surface area contributed by atoms with Crippen molar-refractivity contribution in [2.45, 2.75) is 24.6 Å². The maximum Gasteiger partial charge on any atom is 0.166 e. The second-order valence-corrected chi connectivity index (χ2v) is 4.96. The van der Waals surface area contributed by atoms with Gasteiger partial charge in [0.2, 0.25) is 0 Å². The van der Waals surface area contributed by atoms with Crippen LogP contribution in [0.2, 0.25) is 5.02 Å².